The van der Waals surface area contributed by atoms with E-state index >= 15 is 0 Å². The molecule has 2 unspecified atom stereocenters. The van der Waals surface area contributed by atoms with Crippen LogP contribution in [-0.2, 0) is 14.4 Å². The third kappa shape index (κ3) is 1.49. The zero-order chi connectivity index (χ0) is 16.3. The molecular formula is C17H18FNO3. The Morgan fingerprint density at radius 1 is 1.05 bits per heavy atom. The summed E-state index contributed by atoms with van der Waals surface area (Å²) in [5, 5.41) is 2.67. The molecule has 2 atom stereocenters. The Morgan fingerprint density at radius 2 is 1.64 bits per heavy atom. The number of ketones is 2. The number of rotatable bonds is 2. The van der Waals surface area contributed by atoms with E-state index in [1.807, 2.05) is 13.8 Å². The average Bonchev–Trinajstić information content (AvgIpc) is 2.74. The standard InChI is InChI=1S/C17H18FNO3/c1-15(2)16(3)8-9-17(15,13(21)12(16)20)14(22)19-11-6-4-10(18)5-7-11/h4-7H,8-9H2,1-3H3,(H,19,22). The van der Waals surface area contributed by atoms with E-state index in [1.54, 1.807) is 6.92 Å². The SMILES string of the molecule is CC12CCC(C(=O)Nc3ccc(F)cc3)(C(=O)C1=O)C2(C)C. The topological polar surface area (TPSA) is 63.2 Å². The van der Waals surface area contributed by atoms with Crippen LogP contribution in [0.1, 0.15) is 33.6 Å². The molecule has 2 saturated carbocycles. The number of hydrogen-bond donors (Lipinski definition) is 1. The summed E-state index contributed by atoms with van der Waals surface area (Å²) in [7, 11) is 0. The van der Waals surface area contributed by atoms with Crippen molar-refractivity contribution in [1.82, 2.24) is 0 Å². The van der Waals surface area contributed by atoms with Crippen molar-refractivity contribution in [3.63, 3.8) is 0 Å². The number of carbonyl (C=O) groups is 3. The van der Waals surface area contributed by atoms with Gasteiger partial charge in [-0.25, -0.2) is 4.39 Å². The number of carbonyl (C=O) groups excluding carboxylic acids is 3. The van der Waals surface area contributed by atoms with Gasteiger partial charge in [0.2, 0.25) is 17.5 Å². The van der Waals surface area contributed by atoms with Gasteiger partial charge in [0, 0.05) is 11.1 Å². The Hall–Kier alpha value is -2.04. The highest BCUT2D eigenvalue weighted by atomic mass is 19.1. The van der Waals surface area contributed by atoms with E-state index in [0.717, 1.165) is 0 Å². The third-order valence-corrected chi connectivity index (χ3v) is 6.03. The van der Waals surface area contributed by atoms with Crippen LogP contribution in [0.4, 0.5) is 10.1 Å². The molecule has 0 radical (unpaired) electrons. The van der Waals surface area contributed by atoms with Crippen LogP contribution in [0.3, 0.4) is 0 Å². The molecule has 2 bridgehead atoms. The molecular weight excluding hydrogens is 285 g/mol. The molecule has 1 N–H and O–H groups in total. The molecule has 0 spiro atoms. The quantitative estimate of drug-likeness (QED) is 0.675. The molecule has 1 aromatic rings. The van der Waals surface area contributed by atoms with Gasteiger partial charge >= 0.3 is 0 Å². The summed E-state index contributed by atoms with van der Waals surface area (Å²) in [4.78, 5) is 37.7. The first-order valence-corrected chi connectivity index (χ1v) is 7.33. The maximum absolute atomic E-state index is 12.9. The molecule has 0 aromatic heterocycles. The number of fused-ring (bicyclic) bond motifs is 2. The van der Waals surface area contributed by atoms with Gasteiger partial charge in [-0.1, -0.05) is 20.8 Å². The summed E-state index contributed by atoms with van der Waals surface area (Å²) in [5.41, 5.74) is -2.44. The number of Topliss-reactive ketones (excluding diaryl/α,β-unsaturated/α-hetero) is 2. The summed E-state index contributed by atoms with van der Waals surface area (Å²) in [6, 6.07) is 5.34. The molecule has 0 saturated heterocycles. The molecule has 0 aliphatic heterocycles. The van der Waals surface area contributed by atoms with Crippen molar-refractivity contribution in [2.75, 3.05) is 5.32 Å². The smallest absolute Gasteiger partial charge is 0.239 e. The van der Waals surface area contributed by atoms with Crippen LogP contribution in [0.15, 0.2) is 24.3 Å². The van der Waals surface area contributed by atoms with Crippen LogP contribution >= 0.6 is 0 Å². The lowest BCUT2D eigenvalue weighted by molar-refractivity contribution is -0.147. The molecule has 1 aromatic carbocycles. The molecule has 1 amide bonds. The average molecular weight is 303 g/mol. The van der Waals surface area contributed by atoms with E-state index in [1.165, 1.54) is 24.3 Å². The fraction of sp³-hybridized carbons (Fsp3) is 0.471. The molecule has 2 fully saturated rings. The number of benzene rings is 1. The summed E-state index contributed by atoms with van der Waals surface area (Å²) in [5.74, 6) is -1.91. The van der Waals surface area contributed by atoms with Crippen molar-refractivity contribution in [2.45, 2.75) is 33.6 Å². The van der Waals surface area contributed by atoms with E-state index < -0.39 is 39.5 Å². The van der Waals surface area contributed by atoms with Gasteiger partial charge in [-0.15, -0.1) is 0 Å². The molecule has 3 rings (SSSR count). The minimum absolute atomic E-state index is 0.369. The van der Waals surface area contributed by atoms with Crippen molar-refractivity contribution in [2.24, 2.45) is 16.2 Å². The molecule has 22 heavy (non-hydrogen) atoms. The first-order chi connectivity index (χ1) is 10.2. The second-order valence-corrected chi connectivity index (χ2v) is 6.98. The normalized spacial score (nSPS) is 32.4. The highest BCUT2D eigenvalue weighted by molar-refractivity contribution is 6.49. The second kappa shape index (κ2) is 4.24. The van der Waals surface area contributed by atoms with E-state index in [9.17, 15) is 18.8 Å². The summed E-state index contributed by atoms with van der Waals surface area (Å²) >= 11 is 0. The molecule has 5 heteroatoms. The monoisotopic (exact) mass is 303 g/mol. The first kappa shape index (κ1) is 14.9. The Bertz CT molecular complexity index is 694. The van der Waals surface area contributed by atoms with E-state index in [0.29, 0.717) is 18.5 Å². The Morgan fingerprint density at radius 3 is 2.14 bits per heavy atom. The van der Waals surface area contributed by atoms with Crippen LogP contribution in [0.2, 0.25) is 0 Å². The van der Waals surface area contributed by atoms with Crippen LogP contribution in [0.25, 0.3) is 0 Å². The Kier molecular flexibility index (Phi) is 2.87. The number of halogens is 1. The number of nitrogens with one attached hydrogen (secondary N) is 1. The fourth-order valence-electron chi connectivity index (χ4n) is 4.04. The van der Waals surface area contributed by atoms with Gasteiger partial charge in [0.25, 0.3) is 0 Å². The first-order valence-electron chi connectivity index (χ1n) is 7.33. The lowest BCUT2D eigenvalue weighted by Crippen LogP contribution is -2.47. The number of amides is 1. The molecule has 2 aliphatic carbocycles. The summed E-state index contributed by atoms with van der Waals surface area (Å²) in [6.07, 6.45) is 0.898. The molecule has 2 aliphatic rings. The summed E-state index contributed by atoms with van der Waals surface area (Å²) in [6.45, 7) is 5.40. The van der Waals surface area contributed by atoms with Gasteiger partial charge in [0.05, 0.1) is 0 Å². The van der Waals surface area contributed by atoms with E-state index in [2.05, 4.69) is 5.32 Å². The van der Waals surface area contributed by atoms with Gasteiger partial charge in [0.1, 0.15) is 11.2 Å². The lowest BCUT2D eigenvalue weighted by atomic mass is 9.64. The van der Waals surface area contributed by atoms with Gasteiger partial charge in [-0.3, -0.25) is 14.4 Å². The predicted molar refractivity (Wildman–Crippen MR) is 78.6 cm³/mol. The highest BCUT2D eigenvalue weighted by Crippen LogP contribution is 2.69. The minimum atomic E-state index is -1.33. The number of hydrogen-bond acceptors (Lipinski definition) is 3. The highest BCUT2D eigenvalue weighted by Gasteiger charge is 2.77. The second-order valence-electron chi connectivity index (χ2n) is 6.98. The van der Waals surface area contributed by atoms with Crippen molar-refractivity contribution in [3.8, 4) is 0 Å². The Balaban J connectivity index is 1.99. The van der Waals surface area contributed by atoms with Crippen molar-refractivity contribution in [3.05, 3.63) is 30.1 Å². The van der Waals surface area contributed by atoms with Crippen molar-refractivity contribution >= 4 is 23.2 Å². The summed E-state index contributed by atoms with van der Waals surface area (Å²) < 4.78 is 12.9. The van der Waals surface area contributed by atoms with Crippen LogP contribution in [0, 0.1) is 22.1 Å². The maximum Gasteiger partial charge on any atom is 0.239 e. The minimum Gasteiger partial charge on any atom is -0.325 e. The van der Waals surface area contributed by atoms with Crippen LogP contribution in [-0.4, -0.2) is 17.5 Å². The van der Waals surface area contributed by atoms with Gasteiger partial charge in [-0.2, -0.15) is 0 Å². The fourth-order valence-corrected chi connectivity index (χ4v) is 4.04. The number of anilines is 1. The molecule has 116 valence electrons. The van der Waals surface area contributed by atoms with Gasteiger partial charge in [0.15, 0.2) is 0 Å². The van der Waals surface area contributed by atoms with Gasteiger partial charge in [-0.05, 0) is 42.5 Å². The van der Waals surface area contributed by atoms with E-state index in [-0.39, 0.29) is 0 Å². The van der Waals surface area contributed by atoms with Crippen molar-refractivity contribution < 1.29 is 18.8 Å². The van der Waals surface area contributed by atoms with Crippen molar-refractivity contribution in [1.29, 1.82) is 0 Å². The third-order valence-electron chi connectivity index (χ3n) is 6.03. The largest absolute Gasteiger partial charge is 0.325 e. The molecule has 4 nitrogen and oxygen atoms in total. The zero-order valence-corrected chi connectivity index (χ0v) is 12.8. The van der Waals surface area contributed by atoms with E-state index in [4.69, 9.17) is 0 Å². The maximum atomic E-state index is 12.9. The predicted octanol–water partition coefficient (Wildman–Crippen LogP) is 2.73. The zero-order valence-electron chi connectivity index (χ0n) is 12.8. The molecule has 0 heterocycles. The van der Waals surface area contributed by atoms with Crippen LogP contribution < -0.4 is 5.32 Å². The van der Waals surface area contributed by atoms with Crippen LogP contribution in [0.5, 0.6) is 0 Å². The lowest BCUT2D eigenvalue weighted by Gasteiger charge is -2.37. The van der Waals surface area contributed by atoms with Gasteiger partial charge < -0.3 is 5.32 Å². The Labute approximate surface area is 128 Å².